The van der Waals surface area contributed by atoms with E-state index in [1.165, 1.54) is 20.9 Å². The lowest BCUT2D eigenvalue weighted by Gasteiger charge is -2.23. The zero-order chi connectivity index (χ0) is 10.7. The first-order valence-electron chi connectivity index (χ1n) is 3.72. The van der Waals surface area contributed by atoms with E-state index in [-0.39, 0.29) is 6.54 Å². The summed E-state index contributed by atoms with van der Waals surface area (Å²) in [5.41, 5.74) is -1.09. The highest BCUT2D eigenvalue weighted by molar-refractivity contribution is 7.89. The zero-order valence-electron chi connectivity index (χ0n) is 7.98. The van der Waals surface area contributed by atoms with Gasteiger partial charge < -0.3 is 5.11 Å². The molecule has 0 saturated carbocycles. The molecule has 0 heterocycles. The Morgan fingerprint density at radius 2 is 2.00 bits per heavy atom. The zero-order valence-corrected chi connectivity index (χ0v) is 8.80. The summed E-state index contributed by atoms with van der Waals surface area (Å²) in [5.74, 6) is -0.556. The van der Waals surface area contributed by atoms with Gasteiger partial charge in [0.2, 0.25) is 10.0 Å². The van der Waals surface area contributed by atoms with E-state index in [2.05, 4.69) is 0 Å². The highest BCUT2D eigenvalue weighted by Gasteiger charge is 2.24. The molecule has 0 aliphatic heterocycles. The molecule has 5 nitrogen and oxygen atoms in total. The van der Waals surface area contributed by atoms with E-state index in [0.717, 1.165) is 4.31 Å². The van der Waals surface area contributed by atoms with Gasteiger partial charge in [0.25, 0.3) is 0 Å². The van der Waals surface area contributed by atoms with Gasteiger partial charge in [0.05, 0.1) is 11.7 Å². The lowest BCUT2D eigenvalue weighted by molar-refractivity contribution is 0.0640. The van der Waals surface area contributed by atoms with Gasteiger partial charge in [-0.05, 0) is 13.8 Å². The molecule has 76 valence electrons. The molecule has 6 heteroatoms. The normalized spacial score (nSPS) is 12.9. The maximum absolute atomic E-state index is 11.2. The third-order valence-electron chi connectivity index (χ3n) is 1.33. The molecule has 0 rings (SSSR count). The molecule has 0 unspecified atom stereocenters. The van der Waals surface area contributed by atoms with Crippen molar-refractivity contribution in [3.63, 3.8) is 0 Å². The number of nitriles is 1. The molecule has 0 aliphatic carbocycles. The van der Waals surface area contributed by atoms with Crippen molar-refractivity contribution in [1.82, 2.24) is 4.31 Å². The molecule has 0 aromatic heterocycles. The summed E-state index contributed by atoms with van der Waals surface area (Å²) >= 11 is 0. The van der Waals surface area contributed by atoms with Gasteiger partial charge in [-0.15, -0.1) is 0 Å². The molecule has 0 aliphatic rings. The van der Waals surface area contributed by atoms with E-state index in [9.17, 15) is 13.5 Å². The van der Waals surface area contributed by atoms with Crippen molar-refractivity contribution in [2.45, 2.75) is 19.4 Å². The van der Waals surface area contributed by atoms with Gasteiger partial charge in [-0.3, -0.25) is 0 Å². The fourth-order valence-electron chi connectivity index (χ4n) is 0.835. The fourth-order valence-corrected chi connectivity index (χ4v) is 1.73. The number of rotatable bonds is 4. The van der Waals surface area contributed by atoms with Crippen molar-refractivity contribution < 1.29 is 13.5 Å². The standard InChI is InChI=1S/C7H14N2O3S/c1-7(2,10)6-9(3)13(11,12)5-4-8/h10H,5-6H2,1-3H3. The molecule has 13 heavy (non-hydrogen) atoms. The molecule has 0 fully saturated rings. The molecule has 0 aromatic rings. The largest absolute Gasteiger partial charge is 0.389 e. The molecule has 0 bridgehead atoms. The Kier molecular flexibility index (Phi) is 3.85. The summed E-state index contributed by atoms with van der Waals surface area (Å²) in [4.78, 5) is 0. The monoisotopic (exact) mass is 206 g/mol. The van der Waals surface area contributed by atoms with Gasteiger partial charge in [-0.25, -0.2) is 12.7 Å². The van der Waals surface area contributed by atoms with Crippen molar-refractivity contribution >= 4 is 10.0 Å². The Morgan fingerprint density at radius 3 is 2.31 bits per heavy atom. The second-order valence-corrected chi connectivity index (χ2v) is 5.56. The topological polar surface area (TPSA) is 81.4 Å². The molecular weight excluding hydrogens is 192 g/mol. The Balaban J connectivity index is 4.46. The first-order valence-corrected chi connectivity index (χ1v) is 5.33. The average Bonchev–Trinajstić information content (AvgIpc) is 1.82. The van der Waals surface area contributed by atoms with Gasteiger partial charge >= 0.3 is 0 Å². The van der Waals surface area contributed by atoms with Crippen LogP contribution < -0.4 is 0 Å². The van der Waals surface area contributed by atoms with Crippen molar-refractivity contribution in [2.24, 2.45) is 0 Å². The summed E-state index contributed by atoms with van der Waals surface area (Å²) in [6.45, 7) is 2.99. The predicted molar refractivity (Wildman–Crippen MR) is 48.3 cm³/mol. The maximum Gasteiger partial charge on any atom is 0.227 e. The Morgan fingerprint density at radius 1 is 1.54 bits per heavy atom. The van der Waals surface area contributed by atoms with Gasteiger partial charge in [0, 0.05) is 13.6 Å². The lowest BCUT2D eigenvalue weighted by Crippen LogP contribution is -2.40. The van der Waals surface area contributed by atoms with E-state index < -0.39 is 21.4 Å². The summed E-state index contributed by atoms with van der Waals surface area (Å²) in [7, 11) is -2.19. The highest BCUT2D eigenvalue weighted by Crippen LogP contribution is 2.07. The lowest BCUT2D eigenvalue weighted by atomic mass is 10.1. The van der Waals surface area contributed by atoms with Crippen LogP contribution in [0.5, 0.6) is 0 Å². The minimum absolute atomic E-state index is 0.0169. The summed E-state index contributed by atoms with van der Waals surface area (Å²) in [6, 6.07) is 1.56. The molecule has 0 amide bonds. The van der Waals surface area contributed by atoms with Crippen LogP contribution in [0.25, 0.3) is 0 Å². The van der Waals surface area contributed by atoms with Crippen molar-refractivity contribution in [3.8, 4) is 6.07 Å². The quantitative estimate of drug-likeness (QED) is 0.675. The smallest absolute Gasteiger partial charge is 0.227 e. The molecule has 0 atom stereocenters. The Hall–Kier alpha value is -0.640. The van der Waals surface area contributed by atoms with Gasteiger partial charge in [-0.1, -0.05) is 0 Å². The SMILES string of the molecule is CN(CC(C)(C)O)S(=O)(=O)CC#N. The van der Waals surface area contributed by atoms with Crippen molar-refractivity contribution in [3.05, 3.63) is 0 Å². The number of hydrogen-bond donors (Lipinski definition) is 1. The van der Waals surface area contributed by atoms with Gasteiger partial charge in [0.15, 0.2) is 5.75 Å². The minimum atomic E-state index is -3.53. The van der Waals surface area contributed by atoms with E-state index in [1.807, 2.05) is 0 Å². The number of hydrogen-bond acceptors (Lipinski definition) is 4. The molecule has 1 N–H and O–H groups in total. The second kappa shape index (κ2) is 4.05. The van der Waals surface area contributed by atoms with Crippen LogP contribution in [0.1, 0.15) is 13.8 Å². The van der Waals surface area contributed by atoms with Gasteiger partial charge in [0.1, 0.15) is 0 Å². The highest BCUT2D eigenvalue weighted by atomic mass is 32.2. The minimum Gasteiger partial charge on any atom is -0.389 e. The van der Waals surface area contributed by atoms with E-state index in [4.69, 9.17) is 5.26 Å². The summed E-state index contributed by atoms with van der Waals surface area (Å²) in [6.07, 6.45) is 0. The number of aliphatic hydroxyl groups is 1. The van der Waals surface area contributed by atoms with Crippen LogP contribution in [-0.2, 0) is 10.0 Å². The summed E-state index contributed by atoms with van der Waals surface area (Å²) in [5, 5.41) is 17.6. The molecule has 0 spiro atoms. The Bertz CT molecular complexity index is 297. The van der Waals surface area contributed by atoms with E-state index in [0.29, 0.717) is 0 Å². The first kappa shape index (κ1) is 12.4. The van der Waals surface area contributed by atoms with Crippen LogP contribution >= 0.6 is 0 Å². The molecule has 0 saturated heterocycles. The van der Waals surface area contributed by atoms with E-state index in [1.54, 1.807) is 6.07 Å². The van der Waals surface area contributed by atoms with Crippen molar-refractivity contribution in [2.75, 3.05) is 19.3 Å². The van der Waals surface area contributed by atoms with Crippen LogP contribution in [-0.4, -0.2) is 42.8 Å². The fraction of sp³-hybridized carbons (Fsp3) is 0.857. The molecular formula is C7H14N2O3S. The molecule has 0 radical (unpaired) electrons. The third-order valence-corrected chi connectivity index (χ3v) is 2.90. The van der Waals surface area contributed by atoms with Crippen LogP contribution in [0.15, 0.2) is 0 Å². The number of likely N-dealkylation sites (N-methyl/N-ethyl adjacent to an activating group) is 1. The average molecular weight is 206 g/mol. The number of sulfonamides is 1. The second-order valence-electron chi connectivity index (χ2n) is 3.48. The van der Waals surface area contributed by atoms with E-state index >= 15 is 0 Å². The van der Waals surface area contributed by atoms with Crippen LogP contribution in [0.3, 0.4) is 0 Å². The predicted octanol–water partition coefficient (Wildman–Crippen LogP) is -0.458. The van der Waals surface area contributed by atoms with Crippen LogP contribution in [0.2, 0.25) is 0 Å². The number of nitrogens with zero attached hydrogens (tertiary/aromatic N) is 2. The van der Waals surface area contributed by atoms with Gasteiger partial charge in [-0.2, -0.15) is 5.26 Å². The Labute approximate surface area is 78.6 Å². The maximum atomic E-state index is 11.2. The first-order chi connectivity index (χ1) is 5.69. The molecule has 0 aromatic carbocycles. The van der Waals surface area contributed by atoms with Crippen molar-refractivity contribution in [1.29, 1.82) is 5.26 Å². The van der Waals surface area contributed by atoms with Crippen LogP contribution in [0.4, 0.5) is 0 Å². The summed E-state index contributed by atoms with van der Waals surface area (Å²) < 4.78 is 23.4. The third kappa shape index (κ3) is 4.83. The van der Waals surface area contributed by atoms with Crippen LogP contribution in [0, 0.1) is 11.3 Å².